The van der Waals surface area contributed by atoms with E-state index in [2.05, 4.69) is 26.2 Å². The van der Waals surface area contributed by atoms with Crippen LogP contribution in [-0.4, -0.2) is 56.6 Å². The Labute approximate surface area is 285 Å². The van der Waals surface area contributed by atoms with Crippen LogP contribution in [0.25, 0.3) is 10.8 Å². The standard InChI is InChI=1S/C34H28BrN3O7S2/c1-14(33(42)43)38-31(40)26-20-12-21(27(26)32(38)41)28-25(20)24(29-30(46-28)37-34(44)47-29)19-11-17(35)7-9-22(19)45-13-23(39)36-18-8-6-15-4-2-3-5-16(15)10-18/h2-11,14,20-21,24-28H,12-13H2,1H3,(H,36,39)(H,37,44)(H,42,43)/t14?,20?,21?,24-,25?,26?,27?,28?/m1/s1. The lowest BCUT2D eigenvalue weighted by atomic mass is 9.68. The van der Waals surface area contributed by atoms with E-state index in [-0.39, 0.29) is 46.3 Å². The van der Waals surface area contributed by atoms with Crippen LogP contribution in [0.5, 0.6) is 5.75 Å². The molecule has 4 aromatic rings. The second-order valence-corrected chi connectivity index (χ2v) is 15.7. The highest BCUT2D eigenvalue weighted by atomic mass is 79.9. The number of aromatic amines is 1. The number of H-pyrrole nitrogens is 1. The Morgan fingerprint density at radius 1 is 1.04 bits per heavy atom. The number of benzene rings is 3. The molecule has 1 aromatic heterocycles. The summed E-state index contributed by atoms with van der Waals surface area (Å²) in [5.41, 5.74) is 1.43. The molecular formula is C34H28BrN3O7S2. The molecular weight excluding hydrogens is 706 g/mol. The number of halogens is 1. The quantitative estimate of drug-likeness (QED) is 0.217. The first-order chi connectivity index (χ1) is 22.6. The predicted octanol–water partition coefficient (Wildman–Crippen LogP) is 5.32. The minimum absolute atomic E-state index is 0.0798. The molecule has 2 saturated carbocycles. The van der Waals surface area contributed by atoms with Crippen molar-refractivity contribution in [3.8, 4) is 5.75 Å². The summed E-state index contributed by atoms with van der Waals surface area (Å²) < 4.78 is 6.99. The number of fused-ring (bicyclic) bond motifs is 10. The summed E-state index contributed by atoms with van der Waals surface area (Å²) in [4.78, 5) is 69.5. The van der Waals surface area contributed by atoms with Gasteiger partial charge >= 0.3 is 10.8 Å². The van der Waals surface area contributed by atoms with Crippen molar-refractivity contribution in [1.29, 1.82) is 0 Å². The minimum atomic E-state index is -1.24. The van der Waals surface area contributed by atoms with Gasteiger partial charge < -0.3 is 20.1 Å². The third-order valence-electron chi connectivity index (χ3n) is 10.2. The maximum atomic E-state index is 13.7. The number of nitrogens with zero attached hydrogens (tertiary/aromatic N) is 1. The van der Waals surface area contributed by atoms with Crippen molar-refractivity contribution < 1.29 is 29.0 Å². The molecule has 10 nitrogen and oxygen atoms in total. The lowest BCUT2D eigenvalue weighted by molar-refractivity contribution is -0.154. The van der Waals surface area contributed by atoms with Crippen molar-refractivity contribution in [3.63, 3.8) is 0 Å². The minimum Gasteiger partial charge on any atom is -0.483 e. The van der Waals surface area contributed by atoms with Crippen molar-refractivity contribution in [1.82, 2.24) is 9.88 Å². The van der Waals surface area contributed by atoms with Gasteiger partial charge in [-0.25, -0.2) is 4.79 Å². The summed E-state index contributed by atoms with van der Waals surface area (Å²) in [5, 5.41) is 15.3. The largest absolute Gasteiger partial charge is 0.483 e. The number of hydrogen-bond donors (Lipinski definition) is 3. The molecule has 240 valence electrons. The van der Waals surface area contributed by atoms with Crippen molar-refractivity contribution >= 4 is 79.2 Å². The van der Waals surface area contributed by atoms with E-state index < -0.39 is 35.7 Å². The molecule has 7 unspecified atom stereocenters. The second-order valence-electron chi connectivity index (χ2n) is 12.6. The van der Waals surface area contributed by atoms with Gasteiger partial charge in [0.15, 0.2) is 6.61 Å². The van der Waals surface area contributed by atoms with Gasteiger partial charge in [-0.05, 0) is 72.2 Å². The summed E-state index contributed by atoms with van der Waals surface area (Å²) >= 11 is 6.27. The molecule has 47 heavy (non-hydrogen) atoms. The highest BCUT2D eigenvalue weighted by Crippen LogP contribution is 2.69. The van der Waals surface area contributed by atoms with Gasteiger partial charge in [-0.1, -0.05) is 57.6 Å². The predicted molar refractivity (Wildman–Crippen MR) is 180 cm³/mol. The van der Waals surface area contributed by atoms with E-state index in [1.807, 2.05) is 54.6 Å². The zero-order valence-corrected chi connectivity index (χ0v) is 28.1. The lowest BCUT2D eigenvalue weighted by Gasteiger charge is -2.43. The van der Waals surface area contributed by atoms with Gasteiger partial charge in [0.2, 0.25) is 11.8 Å². The van der Waals surface area contributed by atoms with Crippen LogP contribution in [0.4, 0.5) is 5.69 Å². The van der Waals surface area contributed by atoms with Crippen molar-refractivity contribution in [2.75, 3.05) is 11.9 Å². The summed E-state index contributed by atoms with van der Waals surface area (Å²) in [5.74, 6) is -3.89. The maximum absolute atomic E-state index is 13.7. The average Bonchev–Trinajstić information content (AvgIpc) is 3.78. The van der Waals surface area contributed by atoms with Gasteiger partial charge in [-0.2, -0.15) is 0 Å². The van der Waals surface area contributed by atoms with E-state index in [4.69, 9.17) is 4.74 Å². The van der Waals surface area contributed by atoms with Gasteiger partial charge in [0, 0.05) is 31.8 Å². The lowest BCUT2D eigenvalue weighted by Crippen LogP contribution is -2.44. The fourth-order valence-corrected chi connectivity index (χ4v) is 11.6. The number of aromatic nitrogens is 1. The molecule has 4 aliphatic rings. The monoisotopic (exact) mass is 733 g/mol. The van der Waals surface area contributed by atoms with Crippen LogP contribution in [0.2, 0.25) is 0 Å². The third kappa shape index (κ3) is 4.84. The number of thiazole rings is 1. The Kier molecular flexibility index (Phi) is 7.34. The smallest absolute Gasteiger partial charge is 0.326 e. The highest BCUT2D eigenvalue weighted by molar-refractivity contribution is 9.10. The molecule has 8 atom stereocenters. The first-order valence-electron chi connectivity index (χ1n) is 15.3. The summed E-state index contributed by atoms with van der Waals surface area (Å²) in [7, 11) is 0. The maximum Gasteiger partial charge on any atom is 0.326 e. The number of carboxylic acid groups (broad SMARTS) is 1. The van der Waals surface area contributed by atoms with Crippen LogP contribution in [-0.2, 0) is 19.2 Å². The molecule has 0 spiro atoms. The number of thioether (sulfide) groups is 1. The van der Waals surface area contributed by atoms with Gasteiger partial charge in [-0.15, -0.1) is 11.8 Å². The highest BCUT2D eigenvalue weighted by Gasteiger charge is 2.70. The number of rotatable bonds is 7. The van der Waals surface area contributed by atoms with E-state index >= 15 is 0 Å². The van der Waals surface area contributed by atoms with E-state index in [0.717, 1.165) is 46.9 Å². The van der Waals surface area contributed by atoms with Gasteiger partial charge in [0.05, 0.1) is 16.9 Å². The molecule has 3 fully saturated rings. The van der Waals surface area contributed by atoms with Crippen LogP contribution in [0.1, 0.15) is 29.7 Å². The summed E-state index contributed by atoms with van der Waals surface area (Å²) in [6, 6.07) is 17.9. The molecule has 2 aliphatic carbocycles. The number of carbonyl (C=O) groups excluding carboxylic acids is 3. The second kappa shape index (κ2) is 11.3. The van der Waals surface area contributed by atoms with E-state index in [0.29, 0.717) is 17.9 Å². The average molecular weight is 735 g/mol. The summed E-state index contributed by atoms with van der Waals surface area (Å²) in [6.45, 7) is 1.12. The van der Waals surface area contributed by atoms with Gasteiger partial charge in [-0.3, -0.25) is 24.1 Å². The van der Waals surface area contributed by atoms with E-state index in [1.165, 1.54) is 6.92 Å². The number of nitrogens with one attached hydrogen (secondary N) is 2. The molecule has 3 heterocycles. The Balaban J connectivity index is 1.11. The number of carboxylic acids is 1. The number of amides is 3. The first-order valence-corrected chi connectivity index (χ1v) is 17.8. The molecule has 0 radical (unpaired) electrons. The normalized spacial score (nSPS) is 27.8. The number of ether oxygens (including phenoxy) is 1. The molecule has 2 aliphatic heterocycles. The number of carbonyl (C=O) groups is 4. The topological polar surface area (TPSA) is 146 Å². The fraction of sp³-hybridized carbons (Fsp3) is 0.324. The number of aliphatic carboxylic acids is 1. The molecule has 8 rings (SSSR count). The zero-order valence-electron chi connectivity index (χ0n) is 24.8. The van der Waals surface area contributed by atoms with Crippen LogP contribution in [0.3, 0.4) is 0 Å². The zero-order chi connectivity index (χ0) is 32.7. The number of imide groups is 1. The molecule has 13 heteroatoms. The molecule has 1 saturated heterocycles. The van der Waals surface area contributed by atoms with Crippen LogP contribution in [0, 0.1) is 29.6 Å². The SMILES string of the molecule is CC(C(=O)O)N1C(=O)C2C3CC(C2C1=O)C1C3Sc2[nH]c(=O)sc2[C@@H]1c1cc(Br)ccc1OCC(=O)Nc1ccc2ccccc2c1. The van der Waals surface area contributed by atoms with Gasteiger partial charge in [0.25, 0.3) is 5.91 Å². The Bertz CT molecular complexity index is 2060. The molecule has 3 amide bonds. The third-order valence-corrected chi connectivity index (χ3v) is 13.3. The molecule has 3 aromatic carbocycles. The fourth-order valence-electron chi connectivity index (χ4n) is 8.38. The number of likely N-dealkylation sites (tertiary alicyclic amines) is 1. The van der Waals surface area contributed by atoms with Crippen molar-refractivity contribution in [3.05, 3.63) is 85.2 Å². The first kappa shape index (κ1) is 30.4. The van der Waals surface area contributed by atoms with E-state index in [9.17, 15) is 29.1 Å². The summed E-state index contributed by atoms with van der Waals surface area (Å²) in [6.07, 6.45) is 0.665. The van der Waals surface area contributed by atoms with E-state index in [1.54, 1.807) is 17.8 Å². The Morgan fingerprint density at radius 2 is 1.79 bits per heavy atom. The van der Waals surface area contributed by atoms with Crippen molar-refractivity contribution in [2.45, 2.75) is 35.6 Å². The Hall–Kier alpha value is -3.94. The van der Waals surface area contributed by atoms with Crippen LogP contribution >= 0.6 is 39.0 Å². The van der Waals surface area contributed by atoms with Crippen molar-refractivity contribution in [2.24, 2.45) is 29.6 Å². The van der Waals surface area contributed by atoms with Crippen LogP contribution in [0.15, 0.2) is 75.0 Å². The Morgan fingerprint density at radius 3 is 2.55 bits per heavy atom. The molecule has 3 N–H and O–H groups in total. The van der Waals surface area contributed by atoms with Gasteiger partial charge in [0.1, 0.15) is 11.8 Å². The van der Waals surface area contributed by atoms with Crippen LogP contribution < -0.4 is 14.9 Å². The number of hydrogen-bond acceptors (Lipinski definition) is 8. The number of anilines is 1. The molecule has 2 bridgehead atoms.